The fourth-order valence-electron chi connectivity index (χ4n) is 2.29. The maximum Gasteiger partial charge on any atom is 0.0457 e. The molecule has 0 aliphatic rings. The van der Waals surface area contributed by atoms with E-state index in [2.05, 4.69) is 55.3 Å². The quantitative estimate of drug-likeness (QED) is 0.805. The zero-order chi connectivity index (χ0) is 12.3. The number of nitrogens with one attached hydrogen (secondary N) is 2. The minimum Gasteiger partial charge on any atom is -0.361 e. The molecular formula is C15H22N2. The van der Waals surface area contributed by atoms with Crippen LogP contribution in [0.2, 0.25) is 0 Å². The lowest BCUT2D eigenvalue weighted by molar-refractivity contribution is 0.441. The van der Waals surface area contributed by atoms with E-state index in [1.165, 1.54) is 22.9 Å². The summed E-state index contributed by atoms with van der Waals surface area (Å²) >= 11 is 0. The average Bonchev–Trinajstić information content (AvgIpc) is 2.72. The van der Waals surface area contributed by atoms with Gasteiger partial charge in [0.2, 0.25) is 0 Å². The van der Waals surface area contributed by atoms with E-state index in [9.17, 15) is 0 Å². The third-order valence-corrected chi connectivity index (χ3v) is 3.10. The number of rotatable bonds is 5. The molecule has 2 N–H and O–H groups in total. The first-order valence-electron chi connectivity index (χ1n) is 6.44. The van der Waals surface area contributed by atoms with Gasteiger partial charge in [0.15, 0.2) is 0 Å². The standard InChI is InChI=1S/C15H22N2/c1-11(2)8-12(3)17-10-13-4-5-14-6-7-16-15(14)9-13/h4-7,9,11-12,16-17H,8,10H2,1-3H3. The highest BCUT2D eigenvalue weighted by atomic mass is 14.9. The summed E-state index contributed by atoms with van der Waals surface area (Å²) < 4.78 is 0. The second kappa shape index (κ2) is 5.37. The predicted octanol–water partition coefficient (Wildman–Crippen LogP) is 3.69. The number of hydrogen-bond acceptors (Lipinski definition) is 1. The summed E-state index contributed by atoms with van der Waals surface area (Å²) in [5.74, 6) is 0.753. The molecule has 1 unspecified atom stereocenters. The van der Waals surface area contributed by atoms with Crippen molar-refractivity contribution in [2.75, 3.05) is 0 Å². The van der Waals surface area contributed by atoms with Gasteiger partial charge in [0.1, 0.15) is 0 Å². The first kappa shape index (κ1) is 12.2. The maximum absolute atomic E-state index is 3.57. The van der Waals surface area contributed by atoms with Gasteiger partial charge in [0, 0.05) is 24.3 Å². The zero-order valence-corrected chi connectivity index (χ0v) is 11.0. The van der Waals surface area contributed by atoms with Gasteiger partial charge in [-0.1, -0.05) is 26.0 Å². The van der Waals surface area contributed by atoms with Crippen LogP contribution in [0.15, 0.2) is 30.5 Å². The van der Waals surface area contributed by atoms with Crippen LogP contribution in [0.25, 0.3) is 10.9 Å². The van der Waals surface area contributed by atoms with Gasteiger partial charge >= 0.3 is 0 Å². The van der Waals surface area contributed by atoms with Gasteiger partial charge in [0.05, 0.1) is 0 Å². The molecule has 0 spiro atoms. The van der Waals surface area contributed by atoms with Crippen LogP contribution < -0.4 is 5.32 Å². The SMILES string of the molecule is CC(C)CC(C)NCc1ccc2cc[nH]c2c1. The Kier molecular flexibility index (Phi) is 3.85. The zero-order valence-electron chi connectivity index (χ0n) is 11.0. The summed E-state index contributed by atoms with van der Waals surface area (Å²) in [6.07, 6.45) is 3.22. The van der Waals surface area contributed by atoms with E-state index in [4.69, 9.17) is 0 Å². The van der Waals surface area contributed by atoms with Crippen molar-refractivity contribution in [3.8, 4) is 0 Å². The fourth-order valence-corrected chi connectivity index (χ4v) is 2.29. The summed E-state index contributed by atoms with van der Waals surface area (Å²) in [6, 6.07) is 9.29. The Morgan fingerprint density at radius 3 is 2.76 bits per heavy atom. The van der Waals surface area contributed by atoms with Crippen LogP contribution in [0.4, 0.5) is 0 Å². The predicted molar refractivity (Wildman–Crippen MR) is 74.1 cm³/mol. The van der Waals surface area contributed by atoms with Gasteiger partial charge in [-0.2, -0.15) is 0 Å². The largest absolute Gasteiger partial charge is 0.361 e. The van der Waals surface area contributed by atoms with Crippen LogP contribution in [-0.4, -0.2) is 11.0 Å². The number of hydrogen-bond donors (Lipinski definition) is 2. The highest BCUT2D eigenvalue weighted by Crippen LogP contribution is 2.14. The monoisotopic (exact) mass is 230 g/mol. The molecule has 2 rings (SSSR count). The fraction of sp³-hybridized carbons (Fsp3) is 0.467. The van der Waals surface area contributed by atoms with E-state index in [0.717, 1.165) is 12.5 Å². The molecule has 1 aromatic carbocycles. The van der Waals surface area contributed by atoms with Crippen molar-refractivity contribution < 1.29 is 0 Å². The van der Waals surface area contributed by atoms with Crippen molar-refractivity contribution in [3.05, 3.63) is 36.0 Å². The van der Waals surface area contributed by atoms with Gasteiger partial charge in [-0.15, -0.1) is 0 Å². The van der Waals surface area contributed by atoms with Crippen LogP contribution in [0, 0.1) is 5.92 Å². The van der Waals surface area contributed by atoms with E-state index in [0.29, 0.717) is 6.04 Å². The molecule has 2 nitrogen and oxygen atoms in total. The van der Waals surface area contributed by atoms with E-state index in [1.807, 2.05) is 6.20 Å². The maximum atomic E-state index is 3.57. The van der Waals surface area contributed by atoms with Crippen LogP contribution in [0.5, 0.6) is 0 Å². The molecule has 1 heterocycles. The van der Waals surface area contributed by atoms with Gasteiger partial charge in [-0.3, -0.25) is 0 Å². The van der Waals surface area contributed by atoms with E-state index in [1.54, 1.807) is 0 Å². The number of H-pyrrole nitrogens is 1. The molecule has 0 fully saturated rings. The second-order valence-electron chi connectivity index (χ2n) is 5.31. The van der Waals surface area contributed by atoms with E-state index in [-0.39, 0.29) is 0 Å². The van der Waals surface area contributed by atoms with E-state index < -0.39 is 0 Å². The van der Waals surface area contributed by atoms with Gasteiger partial charge in [0.25, 0.3) is 0 Å². The Bertz CT molecular complexity index is 470. The summed E-state index contributed by atoms with van der Waals surface area (Å²) in [6.45, 7) is 7.74. The molecular weight excluding hydrogens is 208 g/mol. The summed E-state index contributed by atoms with van der Waals surface area (Å²) in [5.41, 5.74) is 2.57. The molecule has 92 valence electrons. The van der Waals surface area contributed by atoms with Crippen molar-refractivity contribution in [1.29, 1.82) is 0 Å². The smallest absolute Gasteiger partial charge is 0.0457 e. The molecule has 2 aromatic rings. The topological polar surface area (TPSA) is 27.8 Å². The minimum atomic E-state index is 0.578. The Morgan fingerprint density at radius 1 is 1.18 bits per heavy atom. The number of aromatic amines is 1. The molecule has 1 atom stereocenters. The third kappa shape index (κ3) is 3.34. The van der Waals surface area contributed by atoms with Crippen LogP contribution in [0.3, 0.4) is 0 Å². The molecule has 1 aromatic heterocycles. The first-order valence-corrected chi connectivity index (χ1v) is 6.44. The molecule has 0 saturated heterocycles. The Balaban J connectivity index is 1.94. The van der Waals surface area contributed by atoms with E-state index >= 15 is 0 Å². The van der Waals surface area contributed by atoms with Crippen molar-refractivity contribution in [2.45, 2.75) is 39.8 Å². The third-order valence-electron chi connectivity index (χ3n) is 3.10. The summed E-state index contributed by atoms with van der Waals surface area (Å²) in [5, 5.41) is 4.85. The van der Waals surface area contributed by atoms with Gasteiger partial charge in [-0.05, 0) is 42.3 Å². The molecule has 0 bridgehead atoms. The molecule has 17 heavy (non-hydrogen) atoms. The highest BCUT2D eigenvalue weighted by Gasteiger charge is 2.04. The molecule has 2 heteroatoms. The Morgan fingerprint density at radius 2 is 2.00 bits per heavy atom. The lowest BCUT2D eigenvalue weighted by atomic mass is 10.0. The van der Waals surface area contributed by atoms with Crippen LogP contribution in [-0.2, 0) is 6.54 Å². The number of aromatic nitrogens is 1. The average molecular weight is 230 g/mol. The molecule has 0 aliphatic heterocycles. The number of benzene rings is 1. The first-order chi connectivity index (χ1) is 8.15. The highest BCUT2D eigenvalue weighted by molar-refractivity contribution is 5.79. The summed E-state index contributed by atoms with van der Waals surface area (Å²) in [4.78, 5) is 3.25. The number of fused-ring (bicyclic) bond motifs is 1. The Hall–Kier alpha value is -1.28. The van der Waals surface area contributed by atoms with Crippen LogP contribution in [0.1, 0.15) is 32.8 Å². The Labute approximate surface area is 103 Å². The lowest BCUT2D eigenvalue weighted by Crippen LogP contribution is -2.26. The van der Waals surface area contributed by atoms with Crippen molar-refractivity contribution >= 4 is 10.9 Å². The molecule has 0 aliphatic carbocycles. The minimum absolute atomic E-state index is 0.578. The second-order valence-corrected chi connectivity index (χ2v) is 5.31. The van der Waals surface area contributed by atoms with Gasteiger partial charge < -0.3 is 10.3 Å². The molecule has 0 radical (unpaired) electrons. The summed E-state index contributed by atoms with van der Waals surface area (Å²) in [7, 11) is 0. The van der Waals surface area contributed by atoms with Gasteiger partial charge in [-0.25, -0.2) is 0 Å². The molecule has 0 amide bonds. The molecule has 0 saturated carbocycles. The normalized spacial score (nSPS) is 13.4. The lowest BCUT2D eigenvalue weighted by Gasteiger charge is -2.15. The van der Waals surface area contributed by atoms with Crippen molar-refractivity contribution in [1.82, 2.24) is 10.3 Å². The van der Waals surface area contributed by atoms with Crippen molar-refractivity contribution in [2.24, 2.45) is 5.92 Å². The van der Waals surface area contributed by atoms with Crippen LogP contribution >= 0.6 is 0 Å². The van der Waals surface area contributed by atoms with Crippen molar-refractivity contribution in [3.63, 3.8) is 0 Å².